The van der Waals surface area contributed by atoms with Crippen LogP contribution in [-0.4, -0.2) is 23.2 Å². The Balaban J connectivity index is 0.000000231. The van der Waals surface area contributed by atoms with Crippen LogP contribution in [0.1, 0.15) is 19.4 Å². The van der Waals surface area contributed by atoms with E-state index in [0.717, 1.165) is 27.2 Å². The number of aryl methyl sites for hydroxylation is 2. The molecule has 5 aromatic rings. The van der Waals surface area contributed by atoms with Crippen LogP contribution in [0, 0.1) is 25.8 Å². The zero-order valence-corrected chi connectivity index (χ0v) is 27.0. The summed E-state index contributed by atoms with van der Waals surface area (Å²) in [5, 5.41) is 0. The summed E-state index contributed by atoms with van der Waals surface area (Å²) in [5.74, 6) is 8.36. The maximum absolute atomic E-state index is 7.75. The maximum Gasteiger partial charge on any atom is 0 e. The molecule has 199 valence electrons. The Kier molecular flexibility index (Phi) is 7.15. The first kappa shape index (κ1) is 22.0. The van der Waals surface area contributed by atoms with Crippen LogP contribution in [0.15, 0.2) is 101 Å². The van der Waals surface area contributed by atoms with Gasteiger partial charge in [0.05, 0.1) is 10.6 Å². The molecule has 6 heteroatoms. The van der Waals surface area contributed by atoms with E-state index in [1.807, 2.05) is 60.8 Å². The van der Waals surface area contributed by atoms with Gasteiger partial charge in [0.1, 0.15) is 5.75 Å². The molecule has 39 heavy (non-hydrogen) atoms. The zero-order valence-electron chi connectivity index (χ0n) is 27.7. The van der Waals surface area contributed by atoms with Crippen molar-refractivity contribution in [1.82, 2.24) is 9.97 Å². The van der Waals surface area contributed by atoms with Gasteiger partial charge in [-0.2, -0.15) is 0 Å². The molecule has 0 unspecified atom stereocenters. The Bertz CT molecular complexity index is 1780. The van der Waals surface area contributed by atoms with E-state index in [0.29, 0.717) is 22.8 Å². The summed E-state index contributed by atoms with van der Waals surface area (Å²) >= 11 is -0.181. The van der Waals surface area contributed by atoms with Crippen molar-refractivity contribution < 1.29 is 33.1 Å². The summed E-state index contributed by atoms with van der Waals surface area (Å²) < 4.78 is 53.6. The number of fused-ring (bicyclic) bond motifs is 2. The number of hydrogen-bond donors (Lipinski definition) is 0. The first-order valence-corrected chi connectivity index (χ1v) is 20.3. The van der Waals surface area contributed by atoms with Gasteiger partial charge in [-0.25, -0.2) is 0 Å². The first-order valence-electron chi connectivity index (χ1n) is 15.2. The van der Waals surface area contributed by atoms with Gasteiger partial charge in [-0.3, -0.25) is 0 Å². The Labute approximate surface area is 260 Å². The number of ether oxygens (including phenoxy) is 1. The summed E-state index contributed by atoms with van der Waals surface area (Å²) in [7, 11) is 0. The molecule has 0 saturated heterocycles. The Morgan fingerprint density at radius 1 is 0.795 bits per heavy atom. The number of aromatic nitrogens is 2. The second-order valence-corrected chi connectivity index (χ2v) is 21.5. The predicted molar refractivity (Wildman–Crippen MR) is 160 cm³/mol. The van der Waals surface area contributed by atoms with E-state index in [1.165, 1.54) is 22.2 Å². The van der Waals surface area contributed by atoms with Crippen LogP contribution in [0.5, 0.6) is 11.5 Å². The molecule has 0 spiro atoms. The largest absolute Gasteiger partial charge is 0 e. The molecule has 2 aromatic heterocycles. The molecule has 0 N–H and O–H groups in total. The molecule has 6 rings (SSSR count). The molecule has 0 aliphatic carbocycles. The van der Waals surface area contributed by atoms with Gasteiger partial charge < -0.3 is 9.72 Å². The maximum atomic E-state index is 7.75. The van der Waals surface area contributed by atoms with Gasteiger partial charge in [0.15, 0.2) is 0 Å². The van der Waals surface area contributed by atoms with E-state index in [2.05, 4.69) is 51.5 Å². The van der Waals surface area contributed by atoms with Crippen LogP contribution in [0.2, 0.25) is 17.3 Å². The van der Waals surface area contributed by atoms with E-state index in [9.17, 15) is 0 Å². The van der Waals surface area contributed by atoms with E-state index < -0.39 is 27.0 Å². The van der Waals surface area contributed by atoms with Crippen LogP contribution in [0.25, 0.3) is 22.5 Å². The minimum atomic E-state index is -2.58. The number of nitrogens with zero attached hydrogens (tertiary/aromatic N) is 2. The number of hydrogen-bond acceptors (Lipinski definition) is 4. The molecule has 1 aliphatic rings. The molecule has 0 fully saturated rings. The van der Waals surface area contributed by atoms with Crippen molar-refractivity contribution in [2.75, 3.05) is 0 Å². The first-order chi connectivity index (χ1) is 20.7. The average Bonchev–Trinajstić information content (AvgIpc) is 2.99. The third kappa shape index (κ3) is 6.90. The van der Waals surface area contributed by atoms with Gasteiger partial charge in [-0.05, 0) is 42.0 Å². The van der Waals surface area contributed by atoms with Crippen molar-refractivity contribution in [1.29, 1.82) is 0 Å². The average molecular weight is 774 g/mol. The molecule has 1 radical (unpaired) electrons. The van der Waals surface area contributed by atoms with Crippen LogP contribution < -0.4 is 9.13 Å². The second-order valence-electron chi connectivity index (χ2n) is 9.77. The SMILES string of the molecule is [2H]C([2H])([2H])c1cnc(-c2[c-]ccc3c2Oc2ccccc2S3)cc1C([2H])([2H])[2H].[CH3][Ge]([CH3])([CH3])[c]1ccc(-c2[c-]cccc2)nc1.[Ir]. The molecular weight excluding hydrogens is 737 g/mol. The topological polar surface area (TPSA) is 35.0 Å². The summed E-state index contributed by atoms with van der Waals surface area (Å²) in [6.07, 6.45) is 3.15. The van der Waals surface area contributed by atoms with E-state index >= 15 is 0 Å². The van der Waals surface area contributed by atoms with E-state index in [4.69, 9.17) is 13.0 Å². The third-order valence-corrected chi connectivity index (χ3v) is 11.3. The third-order valence-electron chi connectivity index (χ3n) is 5.97. The molecule has 3 nitrogen and oxygen atoms in total. The zero-order chi connectivity index (χ0) is 31.7. The molecule has 0 amide bonds. The van der Waals surface area contributed by atoms with Crippen molar-refractivity contribution >= 4 is 29.4 Å². The Morgan fingerprint density at radius 2 is 1.59 bits per heavy atom. The van der Waals surface area contributed by atoms with E-state index in [1.54, 1.807) is 6.07 Å². The molecule has 3 aromatic carbocycles. The number of pyridine rings is 2. The van der Waals surface area contributed by atoms with Crippen LogP contribution in [0.3, 0.4) is 0 Å². The number of para-hydroxylation sites is 1. The molecule has 3 heterocycles. The van der Waals surface area contributed by atoms with Crippen molar-refractivity contribution in [3.05, 3.63) is 115 Å². The number of benzene rings is 3. The monoisotopic (exact) mass is 775 g/mol. The minimum Gasteiger partial charge on any atom is 0 e. The smallest absolute Gasteiger partial charge is 0 e. The summed E-state index contributed by atoms with van der Waals surface area (Å²) in [4.78, 5) is 10.6. The predicted octanol–water partition coefficient (Wildman–Crippen LogP) is 8.51. The fourth-order valence-corrected chi connectivity index (χ4v) is 6.96. The Morgan fingerprint density at radius 3 is 2.31 bits per heavy atom. The van der Waals surface area contributed by atoms with Gasteiger partial charge in [-0.15, -0.1) is 30.0 Å². The van der Waals surface area contributed by atoms with Gasteiger partial charge in [-0.1, -0.05) is 29.3 Å². The normalized spacial score (nSPS) is 14.5. The molecule has 0 saturated carbocycles. The van der Waals surface area contributed by atoms with Crippen molar-refractivity contribution in [3.8, 4) is 34.0 Å². The standard InChI is InChI=1S/C19H14NOS.C14H16GeN.Ir/c1-12-10-15(20-11-13(12)2)14-6-5-9-18-19(14)21-16-7-3-4-8-17(16)22-18;1-15(2,3)13-9-10-14(16-11-13)12-7-5-4-6-8-12;/h3-5,7-11H,1-2H3;4-7,9-11H,1-3H3;/q2*-1;/i1D3,2D3;;. The van der Waals surface area contributed by atoms with Gasteiger partial charge in [0.2, 0.25) is 0 Å². The summed E-state index contributed by atoms with van der Waals surface area (Å²) in [5.41, 5.74) is 2.35. The van der Waals surface area contributed by atoms with E-state index in [-0.39, 0.29) is 31.2 Å². The van der Waals surface area contributed by atoms with Crippen LogP contribution in [-0.2, 0) is 20.1 Å². The van der Waals surface area contributed by atoms with Crippen LogP contribution in [0.4, 0.5) is 0 Å². The minimum absolute atomic E-state index is 0. The van der Waals surface area contributed by atoms with Crippen molar-refractivity contribution in [2.24, 2.45) is 0 Å². The van der Waals surface area contributed by atoms with Crippen molar-refractivity contribution in [3.63, 3.8) is 0 Å². The molecule has 0 bridgehead atoms. The molecular formula is C33H30GeIrN2OS-2. The number of rotatable bonds is 3. The summed E-state index contributed by atoms with van der Waals surface area (Å²) in [6, 6.07) is 31.0. The Hall–Kier alpha value is -2.70. The second kappa shape index (κ2) is 12.7. The fourth-order valence-electron chi connectivity index (χ4n) is 3.83. The van der Waals surface area contributed by atoms with Gasteiger partial charge in [0, 0.05) is 34.5 Å². The van der Waals surface area contributed by atoms with Crippen molar-refractivity contribution in [2.45, 2.75) is 40.8 Å². The summed E-state index contributed by atoms with van der Waals surface area (Å²) in [6.45, 7) is -5.15. The fraction of sp³-hybridized carbons (Fsp3) is 0.152. The van der Waals surface area contributed by atoms with Gasteiger partial charge in [0.25, 0.3) is 0 Å². The molecule has 1 aliphatic heterocycles. The van der Waals surface area contributed by atoms with Gasteiger partial charge >= 0.3 is 99.8 Å². The quantitative estimate of drug-likeness (QED) is 0.134. The van der Waals surface area contributed by atoms with Crippen LogP contribution >= 0.6 is 11.8 Å². The molecule has 0 atom stereocenters.